The Morgan fingerprint density at radius 1 is 1.13 bits per heavy atom. The predicted molar refractivity (Wildman–Crippen MR) is 113 cm³/mol. The number of pyridine rings is 1. The van der Waals surface area contributed by atoms with Crippen molar-refractivity contribution in [3.05, 3.63) is 71.9 Å². The van der Waals surface area contributed by atoms with Crippen LogP contribution in [0.4, 0.5) is 16.2 Å². The van der Waals surface area contributed by atoms with Crippen LogP contribution in [0.1, 0.15) is 17.2 Å². The van der Waals surface area contributed by atoms with E-state index in [1.807, 2.05) is 55.5 Å². The maximum absolute atomic E-state index is 13.1. The van der Waals surface area contributed by atoms with E-state index in [4.69, 9.17) is 4.74 Å². The average molecular weight is 419 g/mol. The summed E-state index contributed by atoms with van der Waals surface area (Å²) in [5.41, 5.74) is 2.93. The SMILES string of the molecule is Cc1ccc(Oc2ccccc2)cc1N1C(=O)NC2c3c1ccnc3SC2C(=O)O. The van der Waals surface area contributed by atoms with Crippen molar-refractivity contribution in [1.82, 2.24) is 10.3 Å². The first kappa shape index (κ1) is 18.5. The number of para-hydroxylation sites is 1. The molecule has 0 fully saturated rings. The van der Waals surface area contributed by atoms with Crippen molar-refractivity contribution in [3.8, 4) is 11.5 Å². The van der Waals surface area contributed by atoms with E-state index in [2.05, 4.69) is 10.3 Å². The number of nitrogens with one attached hydrogen (secondary N) is 1. The molecule has 5 rings (SSSR count). The molecular weight excluding hydrogens is 402 g/mol. The Morgan fingerprint density at radius 2 is 1.93 bits per heavy atom. The van der Waals surface area contributed by atoms with Gasteiger partial charge in [-0.1, -0.05) is 36.0 Å². The maximum atomic E-state index is 13.1. The van der Waals surface area contributed by atoms with Gasteiger partial charge >= 0.3 is 12.0 Å². The summed E-state index contributed by atoms with van der Waals surface area (Å²) in [5, 5.41) is 12.2. The van der Waals surface area contributed by atoms with Crippen LogP contribution in [0.2, 0.25) is 0 Å². The van der Waals surface area contributed by atoms with E-state index < -0.39 is 17.3 Å². The van der Waals surface area contributed by atoms with Crippen LogP contribution >= 0.6 is 11.8 Å². The largest absolute Gasteiger partial charge is 0.480 e. The molecule has 2 aliphatic rings. The van der Waals surface area contributed by atoms with Gasteiger partial charge in [0, 0.05) is 17.8 Å². The number of anilines is 2. The molecule has 150 valence electrons. The van der Waals surface area contributed by atoms with Crippen molar-refractivity contribution >= 4 is 35.1 Å². The van der Waals surface area contributed by atoms with Crippen LogP contribution in [-0.2, 0) is 4.79 Å². The number of carboxylic acid groups (broad SMARTS) is 1. The molecule has 2 unspecified atom stereocenters. The highest BCUT2D eigenvalue weighted by Gasteiger charge is 2.46. The Morgan fingerprint density at radius 3 is 2.70 bits per heavy atom. The zero-order valence-electron chi connectivity index (χ0n) is 15.9. The predicted octanol–water partition coefficient (Wildman–Crippen LogP) is 4.64. The Kier molecular flexibility index (Phi) is 4.36. The highest BCUT2D eigenvalue weighted by molar-refractivity contribution is 8.00. The van der Waals surface area contributed by atoms with Crippen LogP contribution in [0.25, 0.3) is 0 Å². The van der Waals surface area contributed by atoms with Gasteiger partial charge in [-0.05, 0) is 36.8 Å². The van der Waals surface area contributed by atoms with Gasteiger partial charge in [0.1, 0.15) is 21.8 Å². The smallest absolute Gasteiger partial charge is 0.327 e. The summed E-state index contributed by atoms with van der Waals surface area (Å²) in [6, 6.07) is 15.7. The van der Waals surface area contributed by atoms with Gasteiger partial charge in [0.2, 0.25) is 0 Å². The van der Waals surface area contributed by atoms with Gasteiger partial charge in [-0.25, -0.2) is 9.78 Å². The number of benzene rings is 2. The van der Waals surface area contributed by atoms with Crippen molar-refractivity contribution in [2.24, 2.45) is 0 Å². The summed E-state index contributed by atoms with van der Waals surface area (Å²) in [7, 11) is 0. The van der Waals surface area contributed by atoms with E-state index in [9.17, 15) is 14.7 Å². The number of hydrogen-bond acceptors (Lipinski definition) is 5. The molecule has 3 aromatic rings. The number of carboxylic acids is 1. The van der Waals surface area contributed by atoms with Crippen molar-refractivity contribution in [3.63, 3.8) is 0 Å². The normalized spacial score (nSPS) is 19.2. The van der Waals surface area contributed by atoms with Crippen LogP contribution in [0.5, 0.6) is 11.5 Å². The molecule has 0 saturated heterocycles. The summed E-state index contributed by atoms with van der Waals surface area (Å²) in [6.07, 6.45) is 1.60. The number of amides is 2. The van der Waals surface area contributed by atoms with Gasteiger partial charge in [0.15, 0.2) is 0 Å². The van der Waals surface area contributed by atoms with Gasteiger partial charge in [0.05, 0.1) is 17.4 Å². The number of thioether (sulfide) groups is 1. The van der Waals surface area contributed by atoms with E-state index in [1.165, 1.54) is 0 Å². The zero-order valence-corrected chi connectivity index (χ0v) is 16.7. The Bertz CT molecular complexity index is 1170. The van der Waals surface area contributed by atoms with Crippen molar-refractivity contribution in [1.29, 1.82) is 0 Å². The Hall–Kier alpha value is -3.52. The third-order valence-corrected chi connectivity index (χ3v) is 6.43. The second kappa shape index (κ2) is 7.07. The minimum atomic E-state index is -0.975. The summed E-state index contributed by atoms with van der Waals surface area (Å²) < 4.78 is 5.94. The molecule has 0 spiro atoms. The molecule has 2 N–H and O–H groups in total. The zero-order chi connectivity index (χ0) is 20.8. The van der Waals surface area contributed by atoms with E-state index in [0.29, 0.717) is 27.9 Å². The van der Waals surface area contributed by atoms with Crippen LogP contribution in [-0.4, -0.2) is 27.3 Å². The molecule has 0 bridgehead atoms. The number of urea groups is 1. The topological polar surface area (TPSA) is 91.8 Å². The fraction of sp³-hybridized carbons (Fsp3) is 0.136. The first-order valence-electron chi connectivity index (χ1n) is 9.35. The third kappa shape index (κ3) is 2.96. The lowest BCUT2D eigenvalue weighted by atomic mass is 10.00. The molecule has 2 amide bonds. The Balaban J connectivity index is 1.58. The Labute approximate surface area is 176 Å². The first-order chi connectivity index (χ1) is 14.5. The summed E-state index contributed by atoms with van der Waals surface area (Å²) in [6.45, 7) is 1.91. The fourth-order valence-electron chi connectivity index (χ4n) is 3.77. The van der Waals surface area contributed by atoms with E-state index in [0.717, 1.165) is 22.9 Å². The van der Waals surface area contributed by atoms with Crippen LogP contribution in [0, 0.1) is 6.92 Å². The molecule has 2 atom stereocenters. The number of rotatable bonds is 4. The van der Waals surface area contributed by atoms with Crippen molar-refractivity contribution < 1.29 is 19.4 Å². The summed E-state index contributed by atoms with van der Waals surface area (Å²) in [4.78, 5) is 30.7. The number of hydrogen-bond donors (Lipinski definition) is 2. The molecule has 2 aliphatic heterocycles. The molecule has 2 aromatic carbocycles. The number of aryl methyl sites for hydroxylation is 1. The van der Waals surface area contributed by atoms with E-state index >= 15 is 0 Å². The molecular formula is C22H17N3O4S. The maximum Gasteiger partial charge on any atom is 0.327 e. The number of ether oxygens (including phenoxy) is 1. The molecule has 30 heavy (non-hydrogen) atoms. The summed E-state index contributed by atoms with van der Waals surface area (Å²) >= 11 is 1.16. The highest BCUT2D eigenvalue weighted by atomic mass is 32.2. The van der Waals surface area contributed by atoms with Crippen LogP contribution < -0.4 is 15.0 Å². The van der Waals surface area contributed by atoms with Gasteiger partial charge < -0.3 is 15.2 Å². The second-order valence-electron chi connectivity index (χ2n) is 7.05. The van der Waals surface area contributed by atoms with Gasteiger partial charge in [-0.2, -0.15) is 0 Å². The number of aromatic nitrogens is 1. The highest BCUT2D eigenvalue weighted by Crippen LogP contribution is 2.51. The molecule has 0 radical (unpaired) electrons. The van der Waals surface area contributed by atoms with Gasteiger partial charge in [0.25, 0.3) is 0 Å². The molecule has 3 heterocycles. The quantitative estimate of drug-likeness (QED) is 0.640. The number of carbonyl (C=O) groups excluding carboxylic acids is 1. The first-order valence-corrected chi connectivity index (χ1v) is 10.2. The lowest BCUT2D eigenvalue weighted by Crippen LogP contribution is -2.47. The van der Waals surface area contributed by atoms with Crippen LogP contribution in [0.3, 0.4) is 0 Å². The standard InChI is InChI=1S/C22H17N3O4S/c1-12-7-8-14(29-13-5-3-2-4-6-13)11-16(12)25-15-9-10-23-20-17(15)18(24-22(25)28)19(30-20)21(26)27/h2-11,18-19H,1H3,(H,24,28)(H,26,27). The molecule has 0 aliphatic carbocycles. The monoisotopic (exact) mass is 419 g/mol. The van der Waals surface area contributed by atoms with Gasteiger partial charge in [-0.15, -0.1) is 0 Å². The van der Waals surface area contributed by atoms with E-state index in [-0.39, 0.29) is 6.03 Å². The molecule has 0 saturated carbocycles. The summed E-state index contributed by atoms with van der Waals surface area (Å²) in [5.74, 6) is 0.318. The molecule has 7 nitrogen and oxygen atoms in total. The lowest BCUT2D eigenvalue weighted by Gasteiger charge is -2.34. The third-order valence-electron chi connectivity index (χ3n) is 5.15. The number of carbonyl (C=O) groups is 2. The average Bonchev–Trinajstić information content (AvgIpc) is 3.11. The van der Waals surface area contributed by atoms with Crippen molar-refractivity contribution in [2.75, 3.05) is 4.90 Å². The molecule has 1 aromatic heterocycles. The molecule has 8 heteroatoms. The van der Waals surface area contributed by atoms with Crippen LogP contribution in [0.15, 0.2) is 65.8 Å². The fourth-order valence-corrected chi connectivity index (χ4v) is 4.93. The lowest BCUT2D eigenvalue weighted by molar-refractivity contribution is -0.136. The number of nitrogens with zero attached hydrogens (tertiary/aromatic N) is 2. The van der Waals surface area contributed by atoms with Crippen molar-refractivity contribution in [2.45, 2.75) is 23.2 Å². The minimum Gasteiger partial charge on any atom is -0.480 e. The van der Waals surface area contributed by atoms with E-state index in [1.54, 1.807) is 17.2 Å². The minimum absolute atomic E-state index is 0.377. The van der Waals surface area contributed by atoms with Gasteiger partial charge in [-0.3, -0.25) is 9.69 Å². The second-order valence-corrected chi connectivity index (χ2v) is 8.18. The number of aliphatic carboxylic acids is 1.